The second-order valence-corrected chi connectivity index (χ2v) is 11.4. The SMILES string of the molecule is CCC(CC)(c1ccc(C=CC(O)(C(F)(F)F)C(F)(F)F)c(C)c1)c1ccc(OCC(=O)NC(Cc2ccccc2)C(=O)O)c(C)c1. The third-order valence-corrected chi connectivity index (χ3v) is 8.40. The molecule has 3 aromatic carbocycles. The maximum atomic E-state index is 13.1. The number of carboxylic acid groups (broad SMARTS) is 1. The number of rotatable bonds is 13. The number of halogens is 6. The van der Waals surface area contributed by atoms with Crippen LogP contribution in [0.5, 0.6) is 5.75 Å². The zero-order chi connectivity index (χ0) is 35.2. The molecule has 0 aliphatic rings. The first-order chi connectivity index (χ1) is 21.9. The number of alkyl halides is 6. The van der Waals surface area contributed by atoms with Gasteiger partial charge in [-0.25, -0.2) is 4.79 Å². The largest absolute Gasteiger partial charge is 0.484 e. The molecule has 1 amide bonds. The van der Waals surface area contributed by atoms with Crippen LogP contribution in [0, 0.1) is 13.8 Å². The van der Waals surface area contributed by atoms with Gasteiger partial charge in [0.2, 0.25) is 0 Å². The van der Waals surface area contributed by atoms with Gasteiger partial charge in [-0.1, -0.05) is 80.6 Å². The molecule has 0 aliphatic carbocycles. The van der Waals surface area contributed by atoms with Crippen molar-refractivity contribution in [2.24, 2.45) is 0 Å². The Balaban J connectivity index is 1.81. The lowest BCUT2D eigenvalue weighted by Crippen LogP contribution is -2.55. The Hall–Kier alpha value is -4.32. The van der Waals surface area contributed by atoms with Crippen LogP contribution in [0.1, 0.15) is 60.1 Å². The molecule has 12 heteroatoms. The van der Waals surface area contributed by atoms with E-state index in [-0.39, 0.29) is 18.1 Å². The van der Waals surface area contributed by atoms with Crippen molar-refractivity contribution < 1.29 is 50.9 Å². The summed E-state index contributed by atoms with van der Waals surface area (Å²) in [5, 5.41) is 21.5. The van der Waals surface area contributed by atoms with Gasteiger partial charge in [0.05, 0.1) is 0 Å². The fourth-order valence-electron chi connectivity index (χ4n) is 5.49. The van der Waals surface area contributed by atoms with Gasteiger partial charge in [0, 0.05) is 11.8 Å². The minimum atomic E-state index is -5.96. The van der Waals surface area contributed by atoms with Crippen LogP contribution in [-0.4, -0.2) is 52.7 Å². The van der Waals surface area contributed by atoms with Gasteiger partial charge in [-0.05, 0) is 72.2 Å². The van der Waals surface area contributed by atoms with Crippen LogP contribution in [0.15, 0.2) is 72.8 Å². The molecule has 3 N–H and O–H groups in total. The second-order valence-electron chi connectivity index (χ2n) is 11.4. The lowest BCUT2D eigenvalue weighted by atomic mass is 9.70. The maximum absolute atomic E-state index is 13.1. The molecule has 0 heterocycles. The van der Waals surface area contributed by atoms with Crippen molar-refractivity contribution in [3.63, 3.8) is 0 Å². The monoisotopic (exact) mass is 665 g/mol. The van der Waals surface area contributed by atoms with Crippen molar-refractivity contribution in [3.05, 3.63) is 106 Å². The summed E-state index contributed by atoms with van der Waals surface area (Å²) in [6.45, 7) is 6.83. The number of hydrogen-bond donors (Lipinski definition) is 3. The third-order valence-electron chi connectivity index (χ3n) is 8.40. The summed E-state index contributed by atoms with van der Waals surface area (Å²) in [7, 11) is 0. The van der Waals surface area contributed by atoms with Crippen LogP contribution in [0.4, 0.5) is 26.3 Å². The van der Waals surface area contributed by atoms with Crippen LogP contribution >= 0.6 is 0 Å². The second kappa shape index (κ2) is 14.6. The van der Waals surface area contributed by atoms with E-state index in [1.165, 1.54) is 6.07 Å². The van der Waals surface area contributed by atoms with Crippen molar-refractivity contribution in [2.75, 3.05) is 6.61 Å². The van der Waals surface area contributed by atoms with E-state index in [0.717, 1.165) is 16.7 Å². The van der Waals surface area contributed by atoms with Crippen molar-refractivity contribution in [1.82, 2.24) is 5.32 Å². The summed E-state index contributed by atoms with van der Waals surface area (Å²) >= 11 is 0. The third kappa shape index (κ3) is 8.34. The number of carboxylic acids is 1. The van der Waals surface area contributed by atoms with Gasteiger partial charge in [-0.15, -0.1) is 0 Å². The Bertz CT molecular complexity index is 1570. The average Bonchev–Trinajstić information content (AvgIpc) is 3.00. The number of amides is 1. The maximum Gasteiger partial charge on any atom is 0.430 e. The standard InChI is InChI=1S/C35H37F6NO5/c1-5-32(6-2,26-13-12-25(22(3)18-26)16-17-33(46,34(36,37)38)35(39,40)41)27-14-15-29(23(4)19-27)47-21-30(43)42-28(31(44)45)20-24-10-8-7-9-11-24/h7-19,28,46H,5-6,20-21H2,1-4H3,(H,42,43)(H,44,45). The Labute approximate surface area is 269 Å². The smallest absolute Gasteiger partial charge is 0.430 e. The topological polar surface area (TPSA) is 95.9 Å². The lowest BCUT2D eigenvalue weighted by molar-refractivity contribution is -0.347. The molecule has 3 rings (SSSR count). The van der Waals surface area contributed by atoms with E-state index < -0.39 is 47.9 Å². The fourth-order valence-corrected chi connectivity index (χ4v) is 5.49. The highest BCUT2D eigenvalue weighted by Gasteiger charge is 2.69. The van der Waals surface area contributed by atoms with Crippen LogP contribution in [0.25, 0.3) is 6.08 Å². The highest BCUT2D eigenvalue weighted by molar-refractivity contribution is 5.84. The zero-order valence-corrected chi connectivity index (χ0v) is 26.3. The van der Waals surface area contributed by atoms with E-state index in [9.17, 15) is 46.1 Å². The number of aryl methyl sites for hydroxylation is 2. The lowest BCUT2D eigenvalue weighted by Gasteiger charge is -2.34. The average molecular weight is 666 g/mol. The predicted octanol–water partition coefficient (Wildman–Crippen LogP) is 7.47. The minimum absolute atomic E-state index is 0.0777. The molecule has 47 heavy (non-hydrogen) atoms. The summed E-state index contributed by atoms with van der Waals surface area (Å²) in [5.41, 5.74) is -2.00. The summed E-state index contributed by atoms with van der Waals surface area (Å²) < 4.78 is 84.5. The molecule has 1 atom stereocenters. The van der Waals surface area contributed by atoms with E-state index in [0.29, 0.717) is 35.8 Å². The molecule has 0 aliphatic heterocycles. The van der Waals surface area contributed by atoms with E-state index in [2.05, 4.69) is 5.32 Å². The zero-order valence-electron chi connectivity index (χ0n) is 26.3. The van der Waals surface area contributed by atoms with Crippen LogP contribution in [0.2, 0.25) is 0 Å². The minimum Gasteiger partial charge on any atom is -0.484 e. The molecule has 6 nitrogen and oxygen atoms in total. The molecule has 0 aromatic heterocycles. The van der Waals surface area contributed by atoms with Gasteiger partial charge in [0.15, 0.2) is 6.61 Å². The first-order valence-electron chi connectivity index (χ1n) is 14.8. The van der Waals surface area contributed by atoms with Gasteiger partial charge in [-0.3, -0.25) is 4.79 Å². The summed E-state index contributed by atoms with van der Waals surface area (Å²) in [5.74, 6) is -1.39. The number of hydrogen-bond acceptors (Lipinski definition) is 4. The van der Waals surface area contributed by atoms with Crippen molar-refractivity contribution in [2.45, 2.75) is 76.4 Å². The molecule has 0 bridgehead atoms. The summed E-state index contributed by atoms with van der Waals surface area (Å²) in [6, 6.07) is 17.9. The predicted molar refractivity (Wildman–Crippen MR) is 165 cm³/mol. The first-order valence-corrected chi connectivity index (χ1v) is 14.8. The van der Waals surface area contributed by atoms with E-state index >= 15 is 0 Å². The highest BCUT2D eigenvalue weighted by atomic mass is 19.4. The fraction of sp³-hybridized carbons (Fsp3) is 0.371. The first kappa shape index (κ1) is 37.1. The molecular formula is C35H37F6NO5. The van der Waals surface area contributed by atoms with Crippen LogP contribution in [0.3, 0.4) is 0 Å². The van der Waals surface area contributed by atoms with Gasteiger partial charge in [0.25, 0.3) is 11.5 Å². The number of ether oxygens (including phenoxy) is 1. The Morgan fingerprint density at radius 3 is 1.89 bits per heavy atom. The van der Waals surface area contributed by atoms with Crippen molar-refractivity contribution >= 4 is 18.0 Å². The Morgan fingerprint density at radius 1 is 0.851 bits per heavy atom. The van der Waals surface area contributed by atoms with Crippen molar-refractivity contribution in [1.29, 1.82) is 0 Å². The van der Waals surface area contributed by atoms with Crippen LogP contribution in [-0.2, 0) is 21.4 Å². The van der Waals surface area contributed by atoms with Gasteiger partial charge in [-0.2, -0.15) is 26.3 Å². The normalized spacial score (nSPS) is 13.4. The Morgan fingerprint density at radius 2 is 1.40 bits per heavy atom. The van der Waals surface area contributed by atoms with E-state index in [1.807, 2.05) is 26.0 Å². The number of aliphatic carboxylic acids is 1. The molecule has 1 unspecified atom stereocenters. The van der Waals surface area contributed by atoms with Gasteiger partial charge >= 0.3 is 18.3 Å². The summed E-state index contributed by atoms with van der Waals surface area (Å²) in [6.07, 6.45) is -10.3. The van der Waals surface area contributed by atoms with Gasteiger partial charge in [0.1, 0.15) is 11.8 Å². The molecule has 0 radical (unpaired) electrons. The van der Waals surface area contributed by atoms with Crippen molar-refractivity contribution in [3.8, 4) is 5.75 Å². The van der Waals surface area contributed by atoms with E-state index in [4.69, 9.17) is 4.74 Å². The number of benzene rings is 3. The molecule has 0 saturated heterocycles. The quantitative estimate of drug-likeness (QED) is 0.165. The Kier molecular flexibility index (Phi) is 11.6. The van der Waals surface area contributed by atoms with Crippen LogP contribution < -0.4 is 10.1 Å². The molecule has 0 spiro atoms. The molecule has 0 fully saturated rings. The molecular weight excluding hydrogens is 628 g/mol. The molecule has 254 valence electrons. The van der Waals surface area contributed by atoms with Gasteiger partial charge < -0.3 is 20.3 Å². The number of aliphatic hydroxyl groups is 1. The molecule has 3 aromatic rings. The highest BCUT2D eigenvalue weighted by Crippen LogP contribution is 2.45. The summed E-state index contributed by atoms with van der Waals surface area (Å²) in [4.78, 5) is 24.3. The number of carbonyl (C=O) groups excluding carboxylic acids is 1. The number of nitrogens with one attached hydrogen (secondary N) is 1. The van der Waals surface area contributed by atoms with E-state index in [1.54, 1.807) is 62.4 Å². The molecule has 0 saturated carbocycles. The number of carbonyl (C=O) groups is 2.